The molecule has 2 aliphatic rings. The largest absolute Gasteiger partial charge is 0.490 e. The summed E-state index contributed by atoms with van der Waals surface area (Å²) in [5, 5.41) is 9.31. The molecule has 2 aliphatic heterocycles. The Morgan fingerprint density at radius 1 is 1.06 bits per heavy atom. The van der Waals surface area contributed by atoms with Crippen molar-refractivity contribution in [3.63, 3.8) is 0 Å². The predicted molar refractivity (Wildman–Crippen MR) is 127 cm³/mol. The molecule has 1 saturated heterocycles. The second kappa shape index (κ2) is 9.47. The van der Waals surface area contributed by atoms with Crippen LogP contribution < -0.4 is 9.47 Å². The van der Waals surface area contributed by atoms with Crippen molar-refractivity contribution in [2.45, 2.75) is 44.3 Å². The van der Waals surface area contributed by atoms with Crippen LogP contribution in [0.15, 0.2) is 47.6 Å². The van der Waals surface area contributed by atoms with Crippen LogP contribution in [0, 0.1) is 13.8 Å². The summed E-state index contributed by atoms with van der Waals surface area (Å²) >= 11 is 1.44. The van der Waals surface area contributed by atoms with E-state index in [0.717, 1.165) is 59.5 Å². The predicted octanol–water partition coefficient (Wildman–Crippen LogP) is 4.50. The van der Waals surface area contributed by atoms with Crippen LogP contribution in [0.5, 0.6) is 11.5 Å². The average molecular weight is 465 g/mol. The summed E-state index contributed by atoms with van der Waals surface area (Å²) in [6.45, 7) is 6.09. The second-order valence-electron chi connectivity index (χ2n) is 8.49. The van der Waals surface area contributed by atoms with Gasteiger partial charge in [0.2, 0.25) is 5.91 Å². The Bertz CT molecular complexity index is 1160. The lowest BCUT2D eigenvalue weighted by molar-refractivity contribution is -0.129. The van der Waals surface area contributed by atoms with Crippen molar-refractivity contribution >= 4 is 17.7 Å². The maximum Gasteiger partial charge on any atom is 0.233 e. The maximum absolute atomic E-state index is 13.2. The number of rotatable bonds is 5. The van der Waals surface area contributed by atoms with E-state index in [9.17, 15) is 4.79 Å². The lowest BCUT2D eigenvalue weighted by atomic mass is 10.0. The number of nitrogens with zero attached hydrogens (tertiary/aromatic N) is 4. The number of aryl methyl sites for hydroxylation is 2. The standard InChI is InChI=1S/C25H28N4O3S/c1-17-6-3-7-20(14-17)29-18(2)26-27-25(29)33-16-24(30)28-11-4-8-21(28)19-9-10-22-23(15-19)32-13-5-12-31-22/h3,6-7,9-10,14-15,21H,4-5,8,11-13,16H2,1-2H3. The first-order valence-electron chi connectivity index (χ1n) is 11.4. The van der Waals surface area contributed by atoms with Crippen LogP contribution in [0.1, 0.15) is 42.3 Å². The van der Waals surface area contributed by atoms with E-state index >= 15 is 0 Å². The number of thioether (sulfide) groups is 1. The highest BCUT2D eigenvalue weighted by Crippen LogP contribution is 2.38. The van der Waals surface area contributed by atoms with Crippen molar-refractivity contribution in [1.29, 1.82) is 0 Å². The first-order chi connectivity index (χ1) is 16.1. The summed E-state index contributed by atoms with van der Waals surface area (Å²) in [6.07, 6.45) is 2.82. The summed E-state index contributed by atoms with van der Waals surface area (Å²) in [4.78, 5) is 15.2. The molecule has 33 heavy (non-hydrogen) atoms. The molecular formula is C25H28N4O3S. The summed E-state index contributed by atoms with van der Waals surface area (Å²) in [5.74, 6) is 2.81. The molecule has 1 aromatic heterocycles. The third-order valence-electron chi connectivity index (χ3n) is 6.11. The van der Waals surface area contributed by atoms with E-state index in [2.05, 4.69) is 35.3 Å². The summed E-state index contributed by atoms with van der Waals surface area (Å²) < 4.78 is 13.6. The maximum atomic E-state index is 13.2. The normalized spacial score (nSPS) is 17.8. The summed E-state index contributed by atoms with van der Waals surface area (Å²) in [5.41, 5.74) is 3.29. The Balaban J connectivity index is 1.30. The average Bonchev–Trinajstić information content (AvgIpc) is 3.37. The van der Waals surface area contributed by atoms with Gasteiger partial charge in [0, 0.05) is 18.7 Å². The highest BCUT2D eigenvalue weighted by Gasteiger charge is 2.31. The third-order valence-corrected chi connectivity index (χ3v) is 7.02. The van der Waals surface area contributed by atoms with Gasteiger partial charge in [0.1, 0.15) is 5.82 Å². The van der Waals surface area contributed by atoms with Gasteiger partial charge in [-0.3, -0.25) is 9.36 Å². The quantitative estimate of drug-likeness (QED) is 0.518. The first kappa shape index (κ1) is 21.8. The fourth-order valence-corrected chi connectivity index (χ4v) is 5.39. The van der Waals surface area contributed by atoms with Crippen LogP contribution in [-0.2, 0) is 4.79 Å². The number of hydrogen-bond donors (Lipinski definition) is 0. The molecule has 1 amide bonds. The zero-order chi connectivity index (χ0) is 22.8. The number of likely N-dealkylation sites (tertiary alicyclic amines) is 1. The van der Waals surface area contributed by atoms with Gasteiger partial charge in [-0.2, -0.15) is 0 Å². The van der Waals surface area contributed by atoms with Crippen LogP contribution in [0.4, 0.5) is 0 Å². The molecule has 1 unspecified atom stereocenters. The van der Waals surface area contributed by atoms with E-state index in [1.165, 1.54) is 17.3 Å². The van der Waals surface area contributed by atoms with Crippen molar-refractivity contribution in [2.24, 2.45) is 0 Å². The molecule has 8 heteroatoms. The van der Waals surface area contributed by atoms with E-state index in [1.54, 1.807) is 0 Å². The van der Waals surface area contributed by atoms with Crippen LogP contribution in [-0.4, -0.2) is 51.1 Å². The van der Waals surface area contributed by atoms with Crippen LogP contribution in [0.25, 0.3) is 5.69 Å². The molecule has 0 saturated carbocycles. The van der Waals surface area contributed by atoms with Gasteiger partial charge in [0.15, 0.2) is 16.7 Å². The minimum Gasteiger partial charge on any atom is -0.490 e. The van der Waals surface area contributed by atoms with E-state index in [4.69, 9.17) is 9.47 Å². The van der Waals surface area contributed by atoms with Gasteiger partial charge in [0.05, 0.1) is 25.0 Å². The van der Waals surface area contributed by atoms with Crippen molar-refractivity contribution in [2.75, 3.05) is 25.5 Å². The third kappa shape index (κ3) is 4.57. The Kier molecular flexibility index (Phi) is 6.26. The van der Waals surface area contributed by atoms with Gasteiger partial charge >= 0.3 is 0 Å². The molecule has 0 spiro atoms. The fourth-order valence-electron chi connectivity index (χ4n) is 4.51. The molecular weight excluding hydrogens is 436 g/mol. The Labute approximate surface area is 198 Å². The van der Waals surface area contributed by atoms with E-state index < -0.39 is 0 Å². The molecule has 172 valence electrons. The van der Waals surface area contributed by atoms with E-state index in [1.807, 2.05) is 40.7 Å². The SMILES string of the molecule is Cc1cccc(-n2c(C)nnc2SCC(=O)N2CCCC2c2ccc3c(c2)OCCCO3)c1. The highest BCUT2D eigenvalue weighted by atomic mass is 32.2. The minimum absolute atomic E-state index is 0.0617. The van der Waals surface area contributed by atoms with Gasteiger partial charge in [0.25, 0.3) is 0 Å². The van der Waals surface area contributed by atoms with Crippen molar-refractivity contribution in [3.05, 3.63) is 59.4 Å². The lowest BCUT2D eigenvalue weighted by Gasteiger charge is -2.25. The second-order valence-corrected chi connectivity index (χ2v) is 9.44. The fraction of sp³-hybridized carbons (Fsp3) is 0.400. The van der Waals surface area contributed by atoms with Crippen LogP contribution in [0.2, 0.25) is 0 Å². The number of carbonyl (C=O) groups is 1. The van der Waals surface area contributed by atoms with Gasteiger partial charge in [-0.15, -0.1) is 10.2 Å². The van der Waals surface area contributed by atoms with Crippen LogP contribution >= 0.6 is 11.8 Å². The number of hydrogen-bond acceptors (Lipinski definition) is 6. The molecule has 0 radical (unpaired) electrons. The molecule has 7 nitrogen and oxygen atoms in total. The van der Waals surface area contributed by atoms with E-state index in [0.29, 0.717) is 19.0 Å². The number of benzene rings is 2. The monoisotopic (exact) mass is 464 g/mol. The lowest BCUT2D eigenvalue weighted by Crippen LogP contribution is -2.32. The Morgan fingerprint density at radius 2 is 1.91 bits per heavy atom. The molecule has 5 rings (SSSR count). The Hall–Kier alpha value is -3.00. The van der Waals surface area contributed by atoms with Crippen molar-refractivity contribution < 1.29 is 14.3 Å². The molecule has 3 heterocycles. The summed E-state index contributed by atoms with van der Waals surface area (Å²) in [6, 6.07) is 14.4. The summed E-state index contributed by atoms with van der Waals surface area (Å²) in [7, 11) is 0. The molecule has 3 aromatic rings. The molecule has 0 N–H and O–H groups in total. The highest BCUT2D eigenvalue weighted by molar-refractivity contribution is 7.99. The molecule has 1 atom stereocenters. The molecule has 2 aromatic carbocycles. The number of carbonyl (C=O) groups excluding carboxylic acids is 1. The zero-order valence-corrected chi connectivity index (χ0v) is 19.8. The van der Waals surface area contributed by atoms with Gasteiger partial charge in [-0.1, -0.05) is 30.0 Å². The smallest absolute Gasteiger partial charge is 0.233 e. The molecule has 0 bridgehead atoms. The van der Waals surface area contributed by atoms with Gasteiger partial charge in [-0.25, -0.2) is 0 Å². The number of fused-ring (bicyclic) bond motifs is 1. The van der Waals surface area contributed by atoms with E-state index in [-0.39, 0.29) is 11.9 Å². The van der Waals surface area contributed by atoms with Crippen LogP contribution in [0.3, 0.4) is 0 Å². The molecule has 0 aliphatic carbocycles. The topological polar surface area (TPSA) is 69.5 Å². The molecule has 1 fully saturated rings. The van der Waals surface area contributed by atoms with Crippen molar-refractivity contribution in [1.82, 2.24) is 19.7 Å². The zero-order valence-electron chi connectivity index (χ0n) is 19.0. The minimum atomic E-state index is 0.0617. The number of amides is 1. The number of aromatic nitrogens is 3. The first-order valence-corrected chi connectivity index (χ1v) is 12.4. The van der Waals surface area contributed by atoms with Crippen molar-refractivity contribution in [3.8, 4) is 17.2 Å². The van der Waals surface area contributed by atoms with Gasteiger partial charge in [-0.05, 0) is 62.1 Å². The number of ether oxygens (including phenoxy) is 2. The van der Waals surface area contributed by atoms with Gasteiger partial charge < -0.3 is 14.4 Å². The Morgan fingerprint density at radius 3 is 2.76 bits per heavy atom.